The van der Waals surface area contributed by atoms with Crippen LogP contribution in [0.15, 0.2) is 28.2 Å². The van der Waals surface area contributed by atoms with E-state index in [4.69, 9.17) is 16.0 Å². The van der Waals surface area contributed by atoms with Gasteiger partial charge < -0.3 is 4.42 Å². The second-order valence-corrected chi connectivity index (χ2v) is 3.78. The summed E-state index contributed by atoms with van der Waals surface area (Å²) in [7, 11) is 0. The molecule has 0 atom stereocenters. The summed E-state index contributed by atoms with van der Waals surface area (Å²) in [5.41, 5.74) is 0.863. The van der Waals surface area contributed by atoms with Crippen LogP contribution in [0.2, 0.25) is 5.22 Å². The molecule has 0 fully saturated rings. The van der Waals surface area contributed by atoms with Crippen molar-refractivity contribution < 1.29 is 9.21 Å². The van der Waals surface area contributed by atoms with Crippen LogP contribution in [0, 0.1) is 0 Å². The third kappa shape index (κ3) is 1.90. The lowest BCUT2D eigenvalue weighted by Crippen LogP contribution is -2.05. The van der Waals surface area contributed by atoms with Crippen LogP contribution >= 0.6 is 11.6 Å². The van der Waals surface area contributed by atoms with Gasteiger partial charge in [-0.2, -0.15) is 0 Å². The molecule has 2 nitrogen and oxygen atoms in total. The molecule has 0 spiro atoms. The van der Waals surface area contributed by atoms with E-state index in [0.717, 1.165) is 24.8 Å². The van der Waals surface area contributed by atoms with Gasteiger partial charge in [0.15, 0.2) is 11.0 Å². The third-order valence-electron chi connectivity index (χ3n) is 2.38. The molecule has 74 valence electrons. The molecule has 0 saturated heterocycles. The van der Waals surface area contributed by atoms with Gasteiger partial charge in [-0.25, -0.2) is 0 Å². The summed E-state index contributed by atoms with van der Waals surface area (Å²) in [6.45, 7) is 0. The summed E-state index contributed by atoms with van der Waals surface area (Å²) in [6.07, 6.45) is 6.12. The number of allylic oxidation sites excluding steroid dienone is 2. The van der Waals surface area contributed by atoms with E-state index >= 15 is 0 Å². The van der Waals surface area contributed by atoms with Crippen LogP contribution in [-0.4, -0.2) is 5.78 Å². The maximum absolute atomic E-state index is 11.8. The van der Waals surface area contributed by atoms with Gasteiger partial charge in [0.1, 0.15) is 0 Å². The average Bonchev–Trinajstić information content (AvgIpc) is 2.65. The normalized spacial score (nSPS) is 16.5. The van der Waals surface area contributed by atoms with Gasteiger partial charge in [-0.05, 0) is 55.0 Å². The minimum absolute atomic E-state index is 0.0170. The van der Waals surface area contributed by atoms with Gasteiger partial charge in [-0.1, -0.05) is 6.08 Å². The number of Topliss-reactive ketones (excluding diaryl/α,β-unsaturated/α-hetero) is 1. The lowest BCUT2D eigenvalue weighted by Gasteiger charge is -2.09. The topological polar surface area (TPSA) is 30.2 Å². The van der Waals surface area contributed by atoms with Crippen molar-refractivity contribution >= 4 is 17.4 Å². The van der Waals surface area contributed by atoms with E-state index < -0.39 is 0 Å². The highest BCUT2D eigenvalue weighted by Crippen LogP contribution is 2.23. The highest BCUT2D eigenvalue weighted by Gasteiger charge is 2.17. The van der Waals surface area contributed by atoms with E-state index in [1.54, 1.807) is 12.1 Å². The van der Waals surface area contributed by atoms with Crippen LogP contribution in [0.25, 0.3) is 0 Å². The molecule has 1 aliphatic carbocycles. The Hall–Kier alpha value is -1.02. The Morgan fingerprint density at radius 1 is 1.36 bits per heavy atom. The minimum Gasteiger partial charge on any atom is -0.441 e. The molecule has 0 unspecified atom stereocenters. The zero-order valence-corrected chi connectivity index (χ0v) is 8.51. The van der Waals surface area contributed by atoms with Gasteiger partial charge in [-0.3, -0.25) is 4.79 Å². The molecule has 0 aliphatic heterocycles. The largest absolute Gasteiger partial charge is 0.441 e. The maximum atomic E-state index is 11.8. The van der Waals surface area contributed by atoms with Crippen molar-refractivity contribution in [1.82, 2.24) is 0 Å². The Labute approximate surface area is 87.5 Å². The number of carbonyl (C=O) groups is 1. The Kier molecular flexibility index (Phi) is 2.73. The summed E-state index contributed by atoms with van der Waals surface area (Å²) in [5, 5.41) is 0.268. The van der Waals surface area contributed by atoms with Crippen molar-refractivity contribution in [3.05, 3.63) is 34.8 Å². The summed E-state index contributed by atoms with van der Waals surface area (Å²) in [4.78, 5) is 11.8. The number of hydrogen-bond acceptors (Lipinski definition) is 2. The zero-order valence-electron chi connectivity index (χ0n) is 7.75. The first-order valence-corrected chi connectivity index (χ1v) is 5.14. The molecule has 3 heteroatoms. The fourth-order valence-corrected chi connectivity index (χ4v) is 1.79. The average molecular weight is 211 g/mol. The van der Waals surface area contributed by atoms with E-state index in [1.165, 1.54) is 6.42 Å². The Morgan fingerprint density at radius 2 is 2.21 bits per heavy atom. The molecule has 0 N–H and O–H groups in total. The number of halogens is 1. The second kappa shape index (κ2) is 4.01. The number of carbonyl (C=O) groups excluding carboxylic acids is 1. The van der Waals surface area contributed by atoms with Crippen molar-refractivity contribution in [2.75, 3.05) is 0 Å². The lowest BCUT2D eigenvalue weighted by molar-refractivity contribution is 0.0999. The Morgan fingerprint density at radius 3 is 2.79 bits per heavy atom. The molecule has 0 amide bonds. The predicted molar refractivity (Wildman–Crippen MR) is 54.6 cm³/mol. The van der Waals surface area contributed by atoms with Gasteiger partial charge in [0, 0.05) is 0 Å². The molecule has 1 heterocycles. The maximum Gasteiger partial charge on any atom is 0.223 e. The molecule has 0 bridgehead atoms. The highest BCUT2D eigenvalue weighted by atomic mass is 35.5. The van der Waals surface area contributed by atoms with Crippen LogP contribution in [0.1, 0.15) is 36.2 Å². The predicted octanol–water partition coefficient (Wildman–Crippen LogP) is 3.62. The van der Waals surface area contributed by atoms with E-state index in [1.807, 2.05) is 6.08 Å². The highest BCUT2D eigenvalue weighted by molar-refractivity contribution is 6.29. The standard InChI is InChI=1S/C11H11ClO2/c12-10-7-6-9(14-10)11(13)8-4-2-1-3-5-8/h4,6-7H,1-3,5H2. The minimum atomic E-state index is -0.0170. The van der Waals surface area contributed by atoms with Crippen molar-refractivity contribution in [3.8, 4) is 0 Å². The quantitative estimate of drug-likeness (QED) is 0.698. The third-order valence-corrected chi connectivity index (χ3v) is 2.58. The number of hydrogen-bond donors (Lipinski definition) is 0. The molecular formula is C11H11ClO2. The van der Waals surface area contributed by atoms with Gasteiger partial charge in [-0.15, -0.1) is 0 Å². The smallest absolute Gasteiger partial charge is 0.223 e. The van der Waals surface area contributed by atoms with Crippen molar-refractivity contribution in [1.29, 1.82) is 0 Å². The molecular weight excluding hydrogens is 200 g/mol. The van der Waals surface area contributed by atoms with Gasteiger partial charge in [0.2, 0.25) is 5.78 Å². The SMILES string of the molecule is O=C(C1=CCCCC1)c1ccc(Cl)o1. The molecule has 1 aromatic heterocycles. The molecule has 0 saturated carbocycles. The molecule has 0 aromatic carbocycles. The number of furan rings is 1. The van der Waals surface area contributed by atoms with Crippen LogP contribution in [0.4, 0.5) is 0 Å². The van der Waals surface area contributed by atoms with Crippen LogP contribution in [0.3, 0.4) is 0 Å². The van der Waals surface area contributed by atoms with Crippen LogP contribution in [-0.2, 0) is 0 Å². The second-order valence-electron chi connectivity index (χ2n) is 3.41. The Bertz CT molecular complexity index is 376. The van der Waals surface area contributed by atoms with E-state index in [2.05, 4.69) is 0 Å². The molecule has 1 aliphatic rings. The lowest BCUT2D eigenvalue weighted by atomic mass is 9.95. The summed E-state index contributed by atoms with van der Waals surface area (Å²) in [6, 6.07) is 3.22. The monoisotopic (exact) mass is 210 g/mol. The van der Waals surface area contributed by atoms with Gasteiger partial charge >= 0.3 is 0 Å². The van der Waals surface area contributed by atoms with Gasteiger partial charge in [0.25, 0.3) is 0 Å². The Balaban J connectivity index is 2.19. The summed E-state index contributed by atoms with van der Waals surface area (Å²) in [5.74, 6) is 0.333. The fourth-order valence-electron chi connectivity index (χ4n) is 1.64. The zero-order chi connectivity index (χ0) is 9.97. The number of rotatable bonds is 2. The van der Waals surface area contributed by atoms with Crippen molar-refractivity contribution in [2.45, 2.75) is 25.7 Å². The van der Waals surface area contributed by atoms with Crippen molar-refractivity contribution in [2.24, 2.45) is 0 Å². The molecule has 14 heavy (non-hydrogen) atoms. The number of ketones is 1. The van der Waals surface area contributed by atoms with E-state index in [0.29, 0.717) is 5.76 Å². The van der Waals surface area contributed by atoms with Crippen LogP contribution in [0.5, 0.6) is 0 Å². The van der Waals surface area contributed by atoms with Gasteiger partial charge in [0.05, 0.1) is 0 Å². The first-order valence-electron chi connectivity index (χ1n) is 4.76. The van der Waals surface area contributed by atoms with E-state index in [-0.39, 0.29) is 11.0 Å². The first kappa shape index (κ1) is 9.53. The first-order chi connectivity index (χ1) is 6.77. The molecule has 0 radical (unpaired) electrons. The fraction of sp³-hybridized carbons (Fsp3) is 0.364. The molecule has 1 aromatic rings. The van der Waals surface area contributed by atoms with Crippen LogP contribution < -0.4 is 0 Å². The molecule has 2 rings (SSSR count). The van der Waals surface area contributed by atoms with Crippen molar-refractivity contribution in [3.63, 3.8) is 0 Å². The summed E-state index contributed by atoms with van der Waals surface area (Å²) >= 11 is 5.61. The summed E-state index contributed by atoms with van der Waals surface area (Å²) < 4.78 is 5.07. The van der Waals surface area contributed by atoms with E-state index in [9.17, 15) is 4.79 Å².